The van der Waals surface area contributed by atoms with Crippen LogP contribution in [-0.4, -0.2) is 41.2 Å². The second kappa shape index (κ2) is 7.93. The molecule has 146 valence electrons. The maximum absolute atomic E-state index is 12.9. The molecule has 2 aromatic rings. The van der Waals surface area contributed by atoms with Gasteiger partial charge in [-0.05, 0) is 38.5 Å². The van der Waals surface area contributed by atoms with Crippen molar-refractivity contribution >= 4 is 40.0 Å². The van der Waals surface area contributed by atoms with Gasteiger partial charge in [-0.25, -0.2) is 4.79 Å². The number of carbonyl (C=O) groups excluding carboxylic acids is 4. The van der Waals surface area contributed by atoms with Crippen LogP contribution in [-0.2, 0) is 9.53 Å². The van der Waals surface area contributed by atoms with E-state index in [2.05, 4.69) is 5.32 Å². The lowest BCUT2D eigenvalue weighted by Gasteiger charge is -2.24. The Morgan fingerprint density at radius 1 is 1.14 bits per heavy atom. The molecule has 1 aliphatic rings. The molecule has 28 heavy (non-hydrogen) atoms. The van der Waals surface area contributed by atoms with Crippen molar-refractivity contribution in [2.75, 3.05) is 11.9 Å². The summed E-state index contributed by atoms with van der Waals surface area (Å²) in [4.78, 5) is 52.2. The fourth-order valence-corrected chi connectivity index (χ4v) is 4.04. The van der Waals surface area contributed by atoms with Gasteiger partial charge in [0, 0.05) is 4.88 Å². The third-order valence-corrected chi connectivity index (χ3v) is 5.38. The number of carbonyl (C=O) groups is 4. The van der Waals surface area contributed by atoms with Crippen LogP contribution >= 0.6 is 11.3 Å². The zero-order valence-corrected chi connectivity index (χ0v) is 16.6. The summed E-state index contributed by atoms with van der Waals surface area (Å²) in [5.41, 5.74) is 0.839. The van der Waals surface area contributed by atoms with Gasteiger partial charge >= 0.3 is 5.97 Å². The Morgan fingerprint density at radius 3 is 2.29 bits per heavy atom. The van der Waals surface area contributed by atoms with Crippen LogP contribution in [0.1, 0.15) is 56.2 Å². The molecule has 7 nitrogen and oxygen atoms in total. The average Bonchev–Trinajstić information content (AvgIpc) is 3.15. The van der Waals surface area contributed by atoms with Gasteiger partial charge in [-0.3, -0.25) is 19.3 Å². The van der Waals surface area contributed by atoms with Crippen LogP contribution in [0.4, 0.5) is 5.00 Å². The van der Waals surface area contributed by atoms with E-state index in [0.717, 1.165) is 9.78 Å². The number of benzene rings is 1. The van der Waals surface area contributed by atoms with Crippen molar-refractivity contribution in [3.63, 3.8) is 0 Å². The van der Waals surface area contributed by atoms with Crippen LogP contribution in [0.25, 0.3) is 0 Å². The number of aryl methyl sites for hydroxylation is 1. The Balaban J connectivity index is 1.86. The first-order valence-electron chi connectivity index (χ1n) is 8.94. The van der Waals surface area contributed by atoms with E-state index in [1.165, 1.54) is 11.3 Å². The lowest BCUT2D eigenvalue weighted by molar-refractivity contribution is -0.120. The van der Waals surface area contributed by atoms with Gasteiger partial charge in [0.15, 0.2) is 0 Å². The van der Waals surface area contributed by atoms with Crippen LogP contribution in [0, 0.1) is 6.92 Å². The molecule has 1 aromatic carbocycles. The molecule has 0 saturated heterocycles. The maximum Gasteiger partial charge on any atom is 0.341 e. The van der Waals surface area contributed by atoms with Crippen LogP contribution in [0.5, 0.6) is 0 Å². The molecule has 0 radical (unpaired) electrons. The second-order valence-corrected chi connectivity index (χ2v) is 7.52. The van der Waals surface area contributed by atoms with E-state index in [0.29, 0.717) is 5.00 Å². The lowest BCUT2D eigenvalue weighted by Crippen LogP contribution is -2.46. The highest BCUT2D eigenvalue weighted by Crippen LogP contribution is 2.30. The van der Waals surface area contributed by atoms with Crippen molar-refractivity contribution in [2.45, 2.75) is 33.2 Å². The monoisotopic (exact) mass is 400 g/mol. The molecule has 0 bridgehead atoms. The number of hydrogen-bond acceptors (Lipinski definition) is 6. The molecule has 0 fully saturated rings. The Labute approximate surface area is 166 Å². The summed E-state index contributed by atoms with van der Waals surface area (Å²) < 4.78 is 5.02. The van der Waals surface area contributed by atoms with Gasteiger partial charge in [-0.15, -0.1) is 11.3 Å². The van der Waals surface area contributed by atoms with Crippen molar-refractivity contribution < 1.29 is 23.9 Å². The van der Waals surface area contributed by atoms with Gasteiger partial charge in [0.05, 0.1) is 23.3 Å². The predicted molar refractivity (Wildman–Crippen MR) is 105 cm³/mol. The molecule has 1 N–H and O–H groups in total. The number of hydrogen-bond donors (Lipinski definition) is 1. The van der Waals surface area contributed by atoms with Crippen molar-refractivity contribution in [3.8, 4) is 0 Å². The fraction of sp³-hybridized carbons (Fsp3) is 0.300. The summed E-state index contributed by atoms with van der Waals surface area (Å²) in [7, 11) is 0. The van der Waals surface area contributed by atoms with E-state index in [1.54, 1.807) is 44.2 Å². The van der Waals surface area contributed by atoms with Gasteiger partial charge in [0.25, 0.3) is 11.8 Å². The smallest absolute Gasteiger partial charge is 0.341 e. The van der Waals surface area contributed by atoms with Gasteiger partial charge in [-0.2, -0.15) is 0 Å². The first-order chi connectivity index (χ1) is 13.4. The summed E-state index contributed by atoms with van der Waals surface area (Å²) in [6.07, 6.45) is 0.246. The van der Waals surface area contributed by atoms with Gasteiger partial charge in [-0.1, -0.05) is 19.1 Å². The molecule has 1 aromatic heterocycles. The molecule has 8 heteroatoms. The van der Waals surface area contributed by atoms with E-state index >= 15 is 0 Å². The number of anilines is 1. The first kappa shape index (κ1) is 19.8. The number of imide groups is 1. The highest BCUT2D eigenvalue weighted by Gasteiger charge is 2.42. The minimum atomic E-state index is -0.982. The summed E-state index contributed by atoms with van der Waals surface area (Å²) in [5.74, 6) is -2.04. The van der Waals surface area contributed by atoms with E-state index < -0.39 is 29.7 Å². The normalized spacial score (nSPS) is 14.0. The largest absolute Gasteiger partial charge is 0.462 e. The number of ether oxygens (including phenoxy) is 1. The Morgan fingerprint density at radius 2 is 1.75 bits per heavy atom. The van der Waals surface area contributed by atoms with Crippen molar-refractivity contribution in [1.29, 1.82) is 0 Å². The number of nitrogens with zero attached hydrogens (tertiary/aromatic N) is 1. The minimum Gasteiger partial charge on any atom is -0.462 e. The van der Waals surface area contributed by atoms with E-state index in [4.69, 9.17) is 4.74 Å². The summed E-state index contributed by atoms with van der Waals surface area (Å²) in [5, 5.41) is 3.04. The third-order valence-electron chi connectivity index (χ3n) is 4.41. The highest BCUT2D eigenvalue weighted by atomic mass is 32.1. The van der Waals surface area contributed by atoms with E-state index in [9.17, 15) is 19.2 Å². The Hall–Kier alpha value is -3.00. The van der Waals surface area contributed by atoms with Crippen molar-refractivity contribution in [3.05, 3.63) is 51.9 Å². The topological polar surface area (TPSA) is 92.8 Å². The van der Waals surface area contributed by atoms with Crippen molar-refractivity contribution in [2.24, 2.45) is 0 Å². The zero-order valence-electron chi connectivity index (χ0n) is 15.8. The van der Waals surface area contributed by atoms with Crippen LogP contribution in [0.15, 0.2) is 30.3 Å². The second-order valence-electron chi connectivity index (χ2n) is 6.26. The van der Waals surface area contributed by atoms with Gasteiger partial charge in [0.1, 0.15) is 11.0 Å². The van der Waals surface area contributed by atoms with Crippen LogP contribution < -0.4 is 5.32 Å². The molecule has 0 spiro atoms. The highest BCUT2D eigenvalue weighted by molar-refractivity contribution is 7.16. The number of amides is 3. The molecular formula is C20H20N2O5S. The summed E-state index contributed by atoms with van der Waals surface area (Å²) >= 11 is 1.24. The van der Waals surface area contributed by atoms with E-state index in [1.807, 2.05) is 6.92 Å². The predicted octanol–water partition coefficient (Wildman–Crippen LogP) is 3.25. The standard InChI is InChI=1S/C20H20N2O5S/c1-4-15(22-18(24)12-8-6-7-9-13(12)19(22)25)16(23)21-17-14(10-11(3)28-17)20(26)27-5-2/h6-10,15H,4-5H2,1-3H3,(H,21,23). The number of rotatable bonds is 6. The number of nitrogens with one attached hydrogen (secondary N) is 1. The molecular weight excluding hydrogens is 380 g/mol. The van der Waals surface area contributed by atoms with Gasteiger partial charge < -0.3 is 10.1 Å². The molecule has 2 heterocycles. The molecule has 3 rings (SSSR count). The quantitative estimate of drug-likeness (QED) is 0.594. The molecule has 3 amide bonds. The Kier molecular flexibility index (Phi) is 5.60. The SMILES string of the molecule is CCOC(=O)c1cc(C)sc1NC(=O)C(CC)N1C(=O)c2ccccc2C1=O. The zero-order chi connectivity index (χ0) is 20.4. The van der Waals surface area contributed by atoms with Crippen LogP contribution in [0.2, 0.25) is 0 Å². The van der Waals surface area contributed by atoms with Crippen molar-refractivity contribution in [1.82, 2.24) is 4.90 Å². The maximum atomic E-state index is 12.9. The summed E-state index contributed by atoms with van der Waals surface area (Å²) in [6, 6.07) is 7.15. The lowest BCUT2D eigenvalue weighted by atomic mass is 10.1. The van der Waals surface area contributed by atoms with E-state index in [-0.39, 0.29) is 29.7 Å². The molecule has 0 saturated carbocycles. The minimum absolute atomic E-state index is 0.216. The number of thiophene rings is 1. The fourth-order valence-electron chi connectivity index (χ4n) is 3.14. The average molecular weight is 400 g/mol. The Bertz CT molecular complexity index is 930. The van der Waals surface area contributed by atoms with Gasteiger partial charge in [0.2, 0.25) is 5.91 Å². The number of fused-ring (bicyclic) bond motifs is 1. The molecule has 1 atom stereocenters. The molecule has 1 aliphatic heterocycles. The summed E-state index contributed by atoms with van der Waals surface area (Å²) in [6.45, 7) is 5.45. The number of esters is 1. The molecule has 0 aliphatic carbocycles. The first-order valence-corrected chi connectivity index (χ1v) is 9.76. The van der Waals surface area contributed by atoms with Crippen LogP contribution in [0.3, 0.4) is 0 Å². The third kappa shape index (κ3) is 3.43. The molecule has 1 unspecified atom stereocenters.